The van der Waals surface area contributed by atoms with Crippen LogP contribution in [0.3, 0.4) is 0 Å². The zero-order valence-corrected chi connectivity index (χ0v) is 48.4. The molecule has 2 aliphatic rings. The van der Waals surface area contributed by atoms with Crippen LogP contribution < -0.4 is 5.46 Å². The number of benzene rings is 11. The van der Waals surface area contributed by atoms with Crippen molar-refractivity contribution in [3.8, 4) is 33.4 Å². The number of esters is 1. The van der Waals surface area contributed by atoms with Crippen LogP contribution in [-0.2, 0) is 20.5 Å². The molecule has 0 heterocycles. The van der Waals surface area contributed by atoms with Crippen molar-refractivity contribution in [1.29, 1.82) is 0 Å². The Balaban J connectivity index is 0.000000126. The van der Waals surface area contributed by atoms with Crippen LogP contribution in [0.4, 0.5) is 0 Å². The van der Waals surface area contributed by atoms with Gasteiger partial charge in [-0.2, -0.15) is 0 Å². The summed E-state index contributed by atoms with van der Waals surface area (Å²) in [7, 11) is 0.0236. The van der Waals surface area contributed by atoms with Gasteiger partial charge in [0.05, 0.1) is 24.4 Å². The molecule has 0 fully saturated rings. The molecule has 11 aromatic carbocycles. The number of hydrogen-bond donors (Lipinski definition) is 3. The van der Waals surface area contributed by atoms with E-state index in [0.29, 0.717) is 11.0 Å². The molecular formula is C74H63BBrO6+. The number of carbonyl (C=O) groups excluding carboxylic acids is 2. The van der Waals surface area contributed by atoms with Gasteiger partial charge in [0.1, 0.15) is 4.48 Å². The molecule has 2 aliphatic carbocycles. The Hall–Kier alpha value is -8.85. The first-order valence-corrected chi connectivity index (χ1v) is 28.0. The maximum atomic E-state index is 11.9. The Labute approximate surface area is 489 Å². The van der Waals surface area contributed by atoms with E-state index in [9.17, 15) is 14.7 Å². The Bertz CT molecular complexity index is 4120. The standard InChI is InChI=1S/C19H18O.C19H16.C18H14O.C12H8BrO2.C6H7BO2/c1-19(2,20)17-13-12-14-8-6-7-11-16(14)18(17)15-9-4-3-5-10-15;1-19(2)16-10-6-5-9-15(16)18-14-8-4-3-7-13(14)11-12-17(18)19;1-13(19)16-12-11-14-7-5-6-10-17(14)18(16)15-8-3-2-4-9-15;1-15-12(14)10-7-6-8-4-2-3-5-9(8)11(10)13;8-7(9)6-4-2-1-3-5-6/h3-13,20H,1-2H3;3-12H,1-2H3;2-12H,1H3;2-5,7H,1H3;1-5,8-9H/q;;;+1;. The summed E-state index contributed by atoms with van der Waals surface area (Å²) in [5.41, 5.74) is 14.0. The number of carbonyl (C=O) groups is 2. The smallest absolute Gasteiger partial charge is 0.458 e. The van der Waals surface area contributed by atoms with Gasteiger partial charge in [-0.1, -0.05) is 238 Å². The van der Waals surface area contributed by atoms with Gasteiger partial charge in [-0.05, 0) is 137 Å². The predicted molar refractivity (Wildman–Crippen MR) is 343 cm³/mol. The molecule has 404 valence electrons. The van der Waals surface area contributed by atoms with Gasteiger partial charge in [-0.15, -0.1) is 0 Å². The summed E-state index contributed by atoms with van der Waals surface area (Å²) in [6.45, 7) is 9.95. The highest BCUT2D eigenvalue weighted by atomic mass is 79.9. The summed E-state index contributed by atoms with van der Waals surface area (Å²) >= 11 is 3.40. The molecule has 0 amide bonds. The quantitative estimate of drug-likeness (QED) is 0.0663. The maximum absolute atomic E-state index is 11.9. The molecule has 13 rings (SSSR count). The van der Waals surface area contributed by atoms with Crippen molar-refractivity contribution >= 4 is 77.1 Å². The van der Waals surface area contributed by atoms with E-state index in [1.54, 1.807) is 37.3 Å². The lowest BCUT2D eigenvalue weighted by Crippen LogP contribution is -2.29. The van der Waals surface area contributed by atoms with Crippen LogP contribution in [0.15, 0.2) is 260 Å². The monoisotopic (exact) mass is 1140 g/mol. The van der Waals surface area contributed by atoms with Gasteiger partial charge in [-0.3, -0.25) is 4.79 Å². The van der Waals surface area contributed by atoms with Gasteiger partial charge in [0.2, 0.25) is 0 Å². The van der Waals surface area contributed by atoms with Gasteiger partial charge in [0, 0.05) is 28.7 Å². The number of rotatable bonds is 6. The van der Waals surface area contributed by atoms with Crippen molar-refractivity contribution in [1.82, 2.24) is 0 Å². The largest absolute Gasteiger partial charge is 0.488 e. The van der Waals surface area contributed by atoms with Crippen LogP contribution in [-0.4, -0.2) is 41.1 Å². The number of Topliss-reactive ketones (excluding diaryl/α,β-unsaturated/α-hetero) is 1. The predicted octanol–water partition coefficient (Wildman–Crippen LogP) is 16.6. The van der Waals surface area contributed by atoms with Crippen molar-refractivity contribution in [3.05, 3.63) is 300 Å². The van der Waals surface area contributed by atoms with Gasteiger partial charge in [0.15, 0.2) is 16.9 Å². The number of fused-ring (bicyclic) bond motifs is 8. The molecule has 0 aliphatic heterocycles. The van der Waals surface area contributed by atoms with E-state index in [4.69, 9.17) is 10.0 Å². The van der Waals surface area contributed by atoms with Crippen LogP contribution in [0, 0.1) is 6.08 Å². The molecule has 3 N–H and O–H groups in total. The van der Waals surface area contributed by atoms with Crippen molar-refractivity contribution in [2.24, 2.45) is 0 Å². The number of ether oxygens (including phenoxy) is 1. The third-order valence-electron chi connectivity index (χ3n) is 14.8. The van der Waals surface area contributed by atoms with Crippen LogP contribution in [0.5, 0.6) is 0 Å². The van der Waals surface area contributed by atoms with E-state index in [0.717, 1.165) is 59.8 Å². The Morgan fingerprint density at radius 3 is 1.50 bits per heavy atom. The number of halogens is 1. The number of aliphatic hydroxyl groups is 1. The SMILES string of the molecule is CC(=O)c1ccc2ccccc2c1-c1ccccc1.CC(C)(O)c1ccc2ccccc2c1-c1ccccc1.CC1(C)c2ccccc2-c2c1ccc1ccccc21.COC(=O)C1=C(Br)c2ccccc2[C+]=C1.OB(O)c1ccccc1. The third-order valence-corrected chi connectivity index (χ3v) is 15.6. The molecule has 0 saturated heterocycles. The number of ketones is 1. The molecule has 0 unspecified atom stereocenters. The van der Waals surface area contributed by atoms with Gasteiger partial charge < -0.3 is 19.9 Å². The lowest BCUT2D eigenvalue weighted by Gasteiger charge is -2.23. The second-order valence-electron chi connectivity index (χ2n) is 21.0. The topological polar surface area (TPSA) is 104 Å². The fourth-order valence-corrected chi connectivity index (χ4v) is 11.3. The molecule has 6 nitrogen and oxygen atoms in total. The minimum Gasteiger partial charge on any atom is -0.458 e. The molecular weight excluding hydrogens is 1080 g/mol. The Morgan fingerprint density at radius 2 is 0.963 bits per heavy atom. The highest BCUT2D eigenvalue weighted by Crippen LogP contribution is 2.51. The molecule has 0 spiro atoms. The van der Waals surface area contributed by atoms with E-state index in [2.05, 4.69) is 144 Å². The van der Waals surface area contributed by atoms with E-state index >= 15 is 0 Å². The zero-order valence-electron chi connectivity index (χ0n) is 46.8. The molecule has 0 atom stereocenters. The van der Waals surface area contributed by atoms with E-state index in [1.165, 1.54) is 50.9 Å². The average Bonchev–Trinajstić information content (AvgIpc) is 3.75. The van der Waals surface area contributed by atoms with Gasteiger partial charge >= 0.3 is 13.1 Å². The highest BCUT2D eigenvalue weighted by Gasteiger charge is 2.36. The van der Waals surface area contributed by atoms with E-state index < -0.39 is 12.7 Å². The molecule has 82 heavy (non-hydrogen) atoms. The zero-order chi connectivity index (χ0) is 58.0. The summed E-state index contributed by atoms with van der Waals surface area (Å²) in [5.74, 6) is -0.256. The molecule has 11 aromatic rings. The van der Waals surface area contributed by atoms with Crippen LogP contribution in [0.2, 0.25) is 0 Å². The summed E-state index contributed by atoms with van der Waals surface area (Å²) in [6.07, 6.45) is 4.68. The first-order chi connectivity index (χ1) is 39.6. The van der Waals surface area contributed by atoms with Crippen molar-refractivity contribution in [3.63, 3.8) is 0 Å². The van der Waals surface area contributed by atoms with E-state index in [1.807, 2.05) is 135 Å². The highest BCUT2D eigenvalue weighted by molar-refractivity contribution is 9.15. The summed E-state index contributed by atoms with van der Waals surface area (Å²) in [6, 6.07) is 83.3. The third kappa shape index (κ3) is 12.7. The normalized spacial score (nSPS) is 12.3. The first-order valence-electron chi connectivity index (χ1n) is 27.2. The fourth-order valence-electron chi connectivity index (χ4n) is 10.7. The van der Waals surface area contributed by atoms with Crippen molar-refractivity contribution < 1.29 is 29.5 Å². The Morgan fingerprint density at radius 1 is 0.512 bits per heavy atom. The van der Waals surface area contributed by atoms with Crippen LogP contribution >= 0.6 is 15.9 Å². The second-order valence-corrected chi connectivity index (χ2v) is 21.8. The summed E-state index contributed by atoms with van der Waals surface area (Å²) in [5, 5.41) is 35.0. The number of methoxy groups -OCH3 is 1. The van der Waals surface area contributed by atoms with E-state index in [-0.39, 0.29) is 17.2 Å². The molecule has 0 radical (unpaired) electrons. The fraction of sp³-hybridized carbons (Fsp3) is 0.108. The lowest BCUT2D eigenvalue weighted by molar-refractivity contribution is -0.135. The lowest BCUT2D eigenvalue weighted by atomic mass is 9.81. The molecule has 8 heteroatoms. The maximum Gasteiger partial charge on any atom is 0.488 e. The number of hydrogen-bond acceptors (Lipinski definition) is 6. The van der Waals surface area contributed by atoms with Gasteiger partial charge in [-0.25, -0.2) is 4.79 Å². The van der Waals surface area contributed by atoms with Crippen LogP contribution in [0.1, 0.15) is 72.8 Å². The summed E-state index contributed by atoms with van der Waals surface area (Å²) < 4.78 is 5.43. The summed E-state index contributed by atoms with van der Waals surface area (Å²) in [4.78, 5) is 23.3. The van der Waals surface area contributed by atoms with Crippen molar-refractivity contribution in [2.75, 3.05) is 7.11 Å². The van der Waals surface area contributed by atoms with Crippen molar-refractivity contribution in [2.45, 2.75) is 45.6 Å². The second kappa shape index (κ2) is 25.7. The first kappa shape index (κ1) is 57.8. The molecule has 0 aromatic heterocycles. The molecule has 0 bridgehead atoms. The van der Waals surface area contributed by atoms with Gasteiger partial charge in [0.25, 0.3) is 0 Å². The molecule has 0 saturated carbocycles. The minimum absolute atomic E-state index is 0.101. The Kier molecular flexibility index (Phi) is 18.1. The average molecular weight is 1140 g/mol. The minimum atomic E-state index is -1.34. The van der Waals surface area contributed by atoms with Crippen LogP contribution in [0.25, 0.3) is 70.2 Å².